The topological polar surface area (TPSA) is 66.4 Å². The summed E-state index contributed by atoms with van der Waals surface area (Å²) in [5.74, 6) is -2.20. The third kappa shape index (κ3) is 2.20. The molecule has 1 amide bonds. The van der Waals surface area contributed by atoms with Crippen LogP contribution in [-0.2, 0) is 9.59 Å². The second-order valence-corrected chi connectivity index (χ2v) is 5.77. The minimum Gasteiger partial charge on any atom is -0.481 e. The van der Waals surface area contributed by atoms with E-state index >= 15 is 0 Å². The summed E-state index contributed by atoms with van der Waals surface area (Å²) in [6.45, 7) is 0. The Kier molecular flexibility index (Phi) is 3.26. The van der Waals surface area contributed by atoms with E-state index in [2.05, 4.69) is 5.32 Å². The number of halogens is 1. The van der Waals surface area contributed by atoms with Crippen molar-refractivity contribution in [2.45, 2.75) is 6.42 Å². The molecule has 2 aliphatic carbocycles. The fraction of sp³-hybridized carbons (Fsp3) is 0.333. The van der Waals surface area contributed by atoms with Gasteiger partial charge in [0.2, 0.25) is 5.91 Å². The summed E-state index contributed by atoms with van der Waals surface area (Å²) >= 11 is 5.79. The molecule has 0 saturated heterocycles. The highest BCUT2D eigenvalue weighted by Crippen LogP contribution is 2.48. The molecule has 0 aliphatic heterocycles. The zero-order valence-electron chi connectivity index (χ0n) is 10.6. The van der Waals surface area contributed by atoms with E-state index in [4.69, 9.17) is 11.6 Å². The van der Waals surface area contributed by atoms with Gasteiger partial charge in [-0.05, 0) is 42.5 Å². The van der Waals surface area contributed by atoms with E-state index in [9.17, 15) is 14.7 Å². The first-order valence-corrected chi connectivity index (χ1v) is 6.91. The standard InChI is InChI=1S/C15H14ClNO3/c16-10-3-5-11(6-4-10)17-14(18)12-8-1-2-9(7-8)13(12)15(19)20/h1-6,8-9,12-13H,7H2,(H,17,18)(H,19,20)/t8-,9-,12-,13+/m0/s1. The molecule has 3 rings (SSSR count). The summed E-state index contributed by atoms with van der Waals surface area (Å²) in [6.07, 6.45) is 4.65. The van der Waals surface area contributed by atoms with E-state index in [-0.39, 0.29) is 17.7 Å². The molecular formula is C15H14ClNO3. The minimum absolute atomic E-state index is 0.0153. The maximum absolute atomic E-state index is 12.4. The Morgan fingerprint density at radius 1 is 1.10 bits per heavy atom. The number of benzene rings is 1. The van der Waals surface area contributed by atoms with E-state index in [1.807, 2.05) is 12.2 Å². The summed E-state index contributed by atoms with van der Waals surface area (Å²) in [6, 6.07) is 6.79. The maximum atomic E-state index is 12.4. The van der Waals surface area contributed by atoms with Gasteiger partial charge < -0.3 is 10.4 Å². The van der Waals surface area contributed by atoms with Crippen LogP contribution in [0.3, 0.4) is 0 Å². The van der Waals surface area contributed by atoms with Crippen molar-refractivity contribution >= 4 is 29.2 Å². The van der Waals surface area contributed by atoms with Crippen molar-refractivity contribution in [1.29, 1.82) is 0 Å². The van der Waals surface area contributed by atoms with E-state index in [1.165, 1.54) is 0 Å². The van der Waals surface area contributed by atoms with Crippen molar-refractivity contribution in [3.8, 4) is 0 Å². The number of hydrogen-bond donors (Lipinski definition) is 2. The van der Waals surface area contributed by atoms with Crippen molar-refractivity contribution in [2.24, 2.45) is 23.7 Å². The van der Waals surface area contributed by atoms with Gasteiger partial charge in [0, 0.05) is 10.7 Å². The van der Waals surface area contributed by atoms with Gasteiger partial charge in [-0.2, -0.15) is 0 Å². The summed E-state index contributed by atoms with van der Waals surface area (Å²) in [7, 11) is 0. The Morgan fingerprint density at radius 3 is 2.30 bits per heavy atom. The normalized spacial score (nSPS) is 30.4. The van der Waals surface area contributed by atoms with Gasteiger partial charge >= 0.3 is 5.97 Å². The molecule has 1 aromatic rings. The number of anilines is 1. The molecule has 0 radical (unpaired) electrons. The zero-order chi connectivity index (χ0) is 14.3. The molecule has 0 aromatic heterocycles. The smallest absolute Gasteiger partial charge is 0.307 e. The SMILES string of the molecule is O=C(Nc1ccc(Cl)cc1)[C@@H]1[C@H](C(=O)O)[C@H]2C=C[C@H]1C2. The molecule has 1 aromatic carbocycles. The number of hydrogen-bond acceptors (Lipinski definition) is 2. The number of amides is 1. The van der Waals surface area contributed by atoms with Crippen molar-refractivity contribution in [2.75, 3.05) is 5.32 Å². The predicted octanol–water partition coefficient (Wildman–Crippen LogP) is 2.80. The van der Waals surface area contributed by atoms with Crippen LogP contribution in [0.25, 0.3) is 0 Å². The number of carboxylic acids is 1. The first-order chi connectivity index (χ1) is 9.56. The van der Waals surface area contributed by atoms with Gasteiger partial charge in [0.15, 0.2) is 0 Å². The van der Waals surface area contributed by atoms with E-state index in [0.29, 0.717) is 10.7 Å². The van der Waals surface area contributed by atoms with Crippen molar-refractivity contribution in [3.05, 3.63) is 41.4 Å². The lowest BCUT2D eigenvalue weighted by atomic mass is 9.82. The molecule has 0 spiro atoms. The summed E-state index contributed by atoms with van der Waals surface area (Å²) in [5.41, 5.74) is 0.635. The van der Waals surface area contributed by atoms with Gasteiger partial charge in [-0.25, -0.2) is 0 Å². The molecule has 0 unspecified atom stereocenters. The lowest BCUT2D eigenvalue weighted by molar-refractivity contribution is -0.146. The number of carbonyl (C=O) groups excluding carboxylic acids is 1. The van der Waals surface area contributed by atoms with Crippen LogP contribution in [0.4, 0.5) is 5.69 Å². The third-order valence-corrected chi connectivity index (χ3v) is 4.41. The van der Waals surface area contributed by atoms with Gasteiger partial charge in [-0.3, -0.25) is 9.59 Å². The number of fused-ring (bicyclic) bond motifs is 2. The van der Waals surface area contributed by atoms with Gasteiger partial charge in [-0.1, -0.05) is 23.8 Å². The first kappa shape index (κ1) is 13.2. The molecule has 104 valence electrons. The van der Waals surface area contributed by atoms with Crippen LogP contribution < -0.4 is 5.32 Å². The molecule has 4 atom stereocenters. The third-order valence-electron chi connectivity index (χ3n) is 4.16. The summed E-state index contributed by atoms with van der Waals surface area (Å²) in [4.78, 5) is 23.7. The van der Waals surface area contributed by atoms with Crippen LogP contribution >= 0.6 is 11.6 Å². The molecule has 1 saturated carbocycles. The monoisotopic (exact) mass is 291 g/mol. The predicted molar refractivity (Wildman–Crippen MR) is 75.4 cm³/mol. The van der Waals surface area contributed by atoms with Crippen LogP contribution in [0, 0.1) is 23.7 Å². The van der Waals surface area contributed by atoms with Gasteiger partial charge in [0.25, 0.3) is 0 Å². The van der Waals surface area contributed by atoms with Crippen molar-refractivity contribution in [3.63, 3.8) is 0 Å². The van der Waals surface area contributed by atoms with E-state index < -0.39 is 17.8 Å². The first-order valence-electron chi connectivity index (χ1n) is 6.54. The molecule has 1 fully saturated rings. The molecule has 5 heteroatoms. The number of carboxylic acid groups (broad SMARTS) is 1. The largest absolute Gasteiger partial charge is 0.481 e. The molecule has 2 bridgehead atoms. The lowest BCUT2D eigenvalue weighted by Gasteiger charge is -2.23. The summed E-state index contributed by atoms with van der Waals surface area (Å²) in [5, 5.41) is 12.7. The highest BCUT2D eigenvalue weighted by molar-refractivity contribution is 6.30. The molecule has 2 N–H and O–H groups in total. The van der Waals surface area contributed by atoms with Crippen LogP contribution in [0.1, 0.15) is 6.42 Å². The second kappa shape index (κ2) is 4.94. The highest BCUT2D eigenvalue weighted by atomic mass is 35.5. The van der Waals surface area contributed by atoms with Gasteiger partial charge in [0.1, 0.15) is 0 Å². The molecule has 2 aliphatic rings. The Labute approximate surface area is 121 Å². The molecule has 4 nitrogen and oxygen atoms in total. The number of nitrogens with one attached hydrogen (secondary N) is 1. The average Bonchev–Trinajstić information content (AvgIpc) is 3.01. The quantitative estimate of drug-likeness (QED) is 0.842. The molecule has 20 heavy (non-hydrogen) atoms. The Balaban J connectivity index is 1.78. The molecular weight excluding hydrogens is 278 g/mol. The van der Waals surface area contributed by atoms with Crippen LogP contribution in [0.2, 0.25) is 5.02 Å². The highest BCUT2D eigenvalue weighted by Gasteiger charge is 2.51. The van der Waals surface area contributed by atoms with E-state index in [1.54, 1.807) is 24.3 Å². The Bertz CT molecular complexity index is 581. The fourth-order valence-corrected chi connectivity index (χ4v) is 3.40. The lowest BCUT2D eigenvalue weighted by Crippen LogP contribution is -2.36. The number of rotatable bonds is 3. The number of aliphatic carboxylic acids is 1. The van der Waals surface area contributed by atoms with Gasteiger partial charge in [-0.15, -0.1) is 0 Å². The van der Waals surface area contributed by atoms with Crippen LogP contribution in [0.15, 0.2) is 36.4 Å². The zero-order valence-corrected chi connectivity index (χ0v) is 11.4. The maximum Gasteiger partial charge on any atom is 0.307 e. The van der Waals surface area contributed by atoms with Crippen molar-refractivity contribution in [1.82, 2.24) is 0 Å². The minimum atomic E-state index is -0.891. The Hall–Kier alpha value is -1.81. The van der Waals surface area contributed by atoms with Gasteiger partial charge in [0.05, 0.1) is 11.8 Å². The number of allylic oxidation sites excluding steroid dienone is 2. The van der Waals surface area contributed by atoms with Crippen molar-refractivity contribution < 1.29 is 14.7 Å². The Morgan fingerprint density at radius 2 is 1.70 bits per heavy atom. The van der Waals surface area contributed by atoms with Crippen LogP contribution in [-0.4, -0.2) is 17.0 Å². The van der Waals surface area contributed by atoms with Crippen LogP contribution in [0.5, 0.6) is 0 Å². The summed E-state index contributed by atoms with van der Waals surface area (Å²) < 4.78 is 0. The fourth-order valence-electron chi connectivity index (χ4n) is 3.28. The number of carbonyl (C=O) groups is 2. The average molecular weight is 292 g/mol. The van der Waals surface area contributed by atoms with E-state index in [0.717, 1.165) is 6.42 Å². The molecule has 0 heterocycles. The second-order valence-electron chi connectivity index (χ2n) is 5.33.